The molecule has 122 valence electrons. The zero-order valence-corrected chi connectivity index (χ0v) is 14.6. The van der Waals surface area contributed by atoms with Gasteiger partial charge in [0.15, 0.2) is 0 Å². The number of amides is 1. The number of aromatic nitrogens is 1. The Morgan fingerprint density at radius 2 is 1.75 bits per heavy atom. The van der Waals surface area contributed by atoms with Gasteiger partial charge in [-0.05, 0) is 5.56 Å². The molecule has 3 nitrogen and oxygen atoms in total. The summed E-state index contributed by atoms with van der Waals surface area (Å²) in [6.45, 7) is 4.35. The molecule has 0 aliphatic heterocycles. The Hall–Kier alpha value is -2.46. The van der Waals surface area contributed by atoms with Crippen molar-refractivity contribution in [3.8, 4) is 21.8 Å². The molecule has 0 fully saturated rings. The molecule has 0 aliphatic carbocycles. The lowest BCUT2D eigenvalue weighted by molar-refractivity contribution is -0.124. The second-order valence-electron chi connectivity index (χ2n) is 5.97. The first kappa shape index (κ1) is 16.4. The van der Waals surface area contributed by atoms with Crippen LogP contribution in [0.1, 0.15) is 19.4 Å². The number of benzene rings is 2. The number of nitrogens with one attached hydrogen (secondary N) is 1. The quantitative estimate of drug-likeness (QED) is 0.730. The minimum absolute atomic E-state index is 0.0102. The van der Waals surface area contributed by atoms with Gasteiger partial charge in [0.05, 0.1) is 5.69 Å². The molecule has 4 heteroatoms. The molecule has 0 saturated heterocycles. The van der Waals surface area contributed by atoms with Crippen LogP contribution in [-0.2, 0) is 11.3 Å². The van der Waals surface area contributed by atoms with E-state index in [-0.39, 0.29) is 11.8 Å². The van der Waals surface area contributed by atoms with Gasteiger partial charge in [0.2, 0.25) is 5.91 Å². The fourth-order valence-corrected chi connectivity index (χ4v) is 3.14. The molecular formula is C20H20N2OS. The molecular weight excluding hydrogens is 316 g/mol. The molecule has 0 atom stereocenters. The predicted molar refractivity (Wildman–Crippen MR) is 99.7 cm³/mol. The zero-order chi connectivity index (χ0) is 16.9. The van der Waals surface area contributed by atoms with E-state index < -0.39 is 0 Å². The van der Waals surface area contributed by atoms with Crippen molar-refractivity contribution in [2.24, 2.45) is 5.92 Å². The van der Waals surface area contributed by atoms with E-state index in [1.54, 1.807) is 11.3 Å². The van der Waals surface area contributed by atoms with Gasteiger partial charge in [0.25, 0.3) is 0 Å². The predicted octanol–water partition coefficient (Wildman–Crippen LogP) is 4.75. The monoisotopic (exact) mass is 336 g/mol. The summed E-state index contributed by atoms with van der Waals surface area (Å²) in [7, 11) is 0. The summed E-state index contributed by atoms with van der Waals surface area (Å²) in [6.07, 6.45) is 0. The maximum Gasteiger partial charge on any atom is 0.222 e. The lowest BCUT2D eigenvalue weighted by Crippen LogP contribution is -2.27. The van der Waals surface area contributed by atoms with Crippen LogP contribution in [0.15, 0.2) is 60.0 Å². The van der Waals surface area contributed by atoms with Crippen LogP contribution >= 0.6 is 11.3 Å². The van der Waals surface area contributed by atoms with Gasteiger partial charge in [-0.15, -0.1) is 11.3 Å². The third-order valence-corrected chi connectivity index (χ3v) is 4.66. The number of carbonyl (C=O) groups excluding carboxylic acids is 1. The molecule has 0 spiro atoms. The fourth-order valence-electron chi connectivity index (χ4n) is 2.31. The van der Waals surface area contributed by atoms with Crippen LogP contribution in [0.2, 0.25) is 0 Å². The van der Waals surface area contributed by atoms with E-state index in [0.717, 1.165) is 27.4 Å². The number of carbonyl (C=O) groups is 1. The molecule has 0 bridgehead atoms. The van der Waals surface area contributed by atoms with Gasteiger partial charge in [-0.3, -0.25) is 4.79 Å². The second kappa shape index (κ2) is 7.41. The standard InChI is InChI=1S/C20H20N2OS/c1-14(2)19(23)21-12-15-8-10-17(11-9-15)20-22-18(13-24-20)16-6-4-3-5-7-16/h3-11,13-14H,12H2,1-2H3,(H,21,23). The van der Waals surface area contributed by atoms with Crippen LogP contribution in [0.3, 0.4) is 0 Å². The Morgan fingerprint density at radius 1 is 1.04 bits per heavy atom. The van der Waals surface area contributed by atoms with Crippen LogP contribution < -0.4 is 5.32 Å². The first-order chi connectivity index (χ1) is 11.6. The Morgan fingerprint density at radius 3 is 2.42 bits per heavy atom. The minimum atomic E-state index is 0.0102. The highest BCUT2D eigenvalue weighted by molar-refractivity contribution is 7.13. The highest BCUT2D eigenvalue weighted by Gasteiger charge is 2.08. The van der Waals surface area contributed by atoms with Gasteiger partial charge in [0, 0.05) is 29.0 Å². The molecule has 0 aliphatic rings. The Kier molecular flexibility index (Phi) is 5.06. The summed E-state index contributed by atoms with van der Waals surface area (Å²) in [5.41, 5.74) is 4.32. The summed E-state index contributed by atoms with van der Waals surface area (Å²) < 4.78 is 0. The normalized spacial score (nSPS) is 10.8. The Balaban J connectivity index is 1.70. The second-order valence-corrected chi connectivity index (χ2v) is 6.83. The van der Waals surface area contributed by atoms with Crippen LogP contribution in [0, 0.1) is 5.92 Å². The van der Waals surface area contributed by atoms with Crippen molar-refractivity contribution >= 4 is 17.2 Å². The van der Waals surface area contributed by atoms with Crippen LogP contribution in [-0.4, -0.2) is 10.9 Å². The van der Waals surface area contributed by atoms with E-state index in [0.29, 0.717) is 6.54 Å². The first-order valence-corrected chi connectivity index (χ1v) is 8.89. The summed E-state index contributed by atoms with van der Waals surface area (Å²) >= 11 is 1.64. The average molecular weight is 336 g/mol. The van der Waals surface area contributed by atoms with Gasteiger partial charge in [-0.1, -0.05) is 68.4 Å². The van der Waals surface area contributed by atoms with Gasteiger partial charge in [-0.25, -0.2) is 4.98 Å². The third-order valence-electron chi connectivity index (χ3n) is 3.77. The highest BCUT2D eigenvalue weighted by atomic mass is 32.1. The SMILES string of the molecule is CC(C)C(=O)NCc1ccc(-c2nc(-c3ccccc3)cs2)cc1. The van der Waals surface area contributed by atoms with Crippen LogP contribution in [0.5, 0.6) is 0 Å². The Labute approximate surface area is 146 Å². The molecule has 1 aromatic heterocycles. The molecule has 1 amide bonds. The van der Waals surface area contributed by atoms with Gasteiger partial charge >= 0.3 is 0 Å². The summed E-state index contributed by atoms with van der Waals surface area (Å²) in [5, 5.41) is 6.02. The molecule has 3 rings (SSSR count). The maximum absolute atomic E-state index is 11.6. The third kappa shape index (κ3) is 3.89. The summed E-state index contributed by atoms with van der Waals surface area (Å²) in [6, 6.07) is 18.4. The first-order valence-electron chi connectivity index (χ1n) is 8.01. The van der Waals surface area contributed by atoms with E-state index in [9.17, 15) is 4.79 Å². The lowest BCUT2D eigenvalue weighted by Gasteiger charge is -2.08. The van der Waals surface area contributed by atoms with Crippen molar-refractivity contribution in [2.45, 2.75) is 20.4 Å². The topological polar surface area (TPSA) is 42.0 Å². The number of hydrogen-bond donors (Lipinski definition) is 1. The molecule has 1 N–H and O–H groups in total. The van der Waals surface area contributed by atoms with Crippen molar-refractivity contribution in [3.05, 3.63) is 65.5 Å². The largest absolute Gasteiger partial charge is 0.352 e. The number of nitrogens with zero attached hydrogens (tertiary/aromatic N) is 1. The number of thiazole rings is 1. The summed E-state index contributed by atoms with van der Waals surface area (Å²) in [4.78, 5) is 16.3. The molecule has 1 heterocycles. The van der Waals surface area contributed by atoms with Gasteiger partial charge in [-0.2, -0.15) is 0 Å². The zero-order valence-electron chi connectivity index (χ0n) is 13.8. The van der Waals surface area contributed by atoms with Crippen molar-refractivity contribution < 1.29 is 4.79 Å². The highest BCUT2D eigenvalue weighted by Crippen LogP contribution is 2.28. The number of rotatable bonds is 5. The van der Waals surface area contributed by atoms with Crippen LogP contribution in [0.25, 0.3) is 21.8 Å². The van der Waals surface area contributed by atoms with Gasteiger partial charge in [0.1, 0.15) is 5.01 Å². The molecule has 3 aromatic rings. The van der Waals surface area contributed by atoms with Crippen LogP contribution in [0.4, 0.5) is 0 Å². The molecule has 2 aromatic carbocycles. The smallest absolute Gasteiger partial charge is 0.222 e. The average Bonchev–Trinajstić information content (AvgIpc) is 3.11. The van der Waals surface area contributed by atoms with E-state index in [2.05, 4.69) is 35.0 Å². The summed E-state index contributed by atoms with van der Waals surface area (Å²) in [5.74, 6) is 0.0857. The van der Waals surface area contributed by atoms with E-state index >= 15 is 0 Å². The van der Waals surface area contributed by atoms with E-state index in [1.165, 1.54) is 0 Å². The number of hydrogen-bond acceptors (Lipinski definition) is 3. The molecule has 0 saturated carbocycles. The maximum atomic E-state index is 11.6. The minimum Gasteiger partial charge on any atom is -0.352 e. The van der Waals surface area contributed by atoms with E-state index in [1.807, 2.05) is 44.2 Å². The lowest BCUT2D eigenvalue weighted by atomic mass is 10.1. The molecule has 0 radical (unpaired) electrons. The fraction of sp³-hybridized carbons (Fsp3) is 0.200. The van der Waals surface area contributed by atoms with Crippen molar-refractivity contribution in [1.29, 1.82) is 0 Å². The van der Waals surface area contributed by atoms with Crippen molar-refractivity contribution in [1.82, 2.24) is 10.3 Å². The molecule has 0 unspecified atom stereocenters. The van der Waals surface area contributed by atoms with E-state index in [4.69, 9.17) is 4.98 Å². The van der Waals surface area contributed by atoms with Crippen molar-refractivity contribution in [3.63, 3.8) is 0 Å². The van der Waals surface area contributed by atoms with Gasteiger partial charge < -0.3 is 5.32 Å². The Bertz CT molecular complexity index is 807. The molecule has 24 heavy (non-hydrogen) atoms. The van der Waals surface area contributed by atoms with Crippen molar-refractivity contribution in [2.75, 3.05) is 0 Å².